The number of nitrogens with one attached hydrogen (secondary N) is 1. The van der Waals surface area contributed by atoms with Crippen LogP contribution in [0.3, 0.4) is 0 Å². The summed E-state index contributed by atoms with van der Waals surface area (Å²) in [5.74, 6) is 0.991. The molecule has 0 saturated carbocycles. The molecule has 3 nitrogen and oxygen atoms in total. The van der Waals surface area contributed by atoms with Crippen molar-refractivity contribution >= 4 is 5.91 Å². The second-order valence-corrected chi connectivity index (χ2v) is 5.33. The fraction of sp³-hybridized carbons (Fsp3) is 0.278. The monoisotopic (exact) mass is 283 g/mol. The number of hydrogen-bond acceptors (Lipinski definition) is 2. The Hall–Kier alpha value is -2.29. The minimum atomic E-state index is -0.0693. The summed E-state index contributed by atoms with van der Waals surface area (Å²) in [6.07, 6.45) is 0. The Morgan fingerprint density at radius 2 is 1.62 bits per heavy atom. The smallest absolute Gasteiger partial charge is 0.251 e. The van der Waals surface area contributed by atoms with Gasteiger partial charge in [-0.05, 0) is 35.7 Å². The van der Waals surface area contributed by atoms with E-state index in [1.165, 1.54) is 0 Å². The maximum absolute atomic E-state index is 12.4. The zero-order chi connectivity index (χ0) is 15.2. The minimum absolute atomic E-state index is 0.000742. The van der Waals surface area contributed by atoms with E-state index in [0.29, 0.717) is 11.5 Å². The van der Waals surface area contributed by atoms with Crippen molar-refractivity contribution in [1.82, 2.24) is 5.32 Å². The predicted molar refractivity (Wildman–Crippen MR) is 84.5 cm³/mol. The summed E-state index contributed by atoms with van der Waals surface area (Å²) in [7, 11) is 1.61. The molecule has 0 unspecified atom stereocenters. The van der Waals surface area contributed by atoms with Gasteiger partial charge in [0.25, 0.3) is 5.91 Å². The van der Waals surface area contributed by atoms with Gasteiger partial charge in [0.1, 0.15) is 5.75 Å². The van der Waals surface area contributed by atoms with Crippen molar-refractivity contribution in [2.45, 2.75) is 19.9 Å². The van der Waals surface area contributed by atoms with Crippen molar-refractivity contribution in [3.8, 4) is 5.75 Å². The summed E-state index contributed by atoms with van der Waals surface area (Å²) < 4.78 is 5.11. The highest BCUT2D eigenvalue weighted by Gasteiger charge is 2.18. The van der Waals surface area contributed by atoms with Crippen LogP contribution in [0, 0.1) is 5.92 Å². The molecule has 3 heteroatoms. The first-order valence-corrected chi connectivity index (χ1v) is 7.11. The third-order valence-electron chi connectivity index (χ3n) is 3.46. The molecule has 1 N–H and O–H groups in total. The molecule has 0 radical (unpaired) electrons. The van der Waals surface area contributed by atoms with Crippen LogP contribution in [0.2, 0.25) is 0 Å². The van der Waals surface area contributed by atoms with Gasteiger partial charge in [-0.1, -0.05) is 44.2 Å². The summed E-state index contributed by atoms with van der Waals surface area (Å²) in [5, 5.41) is 3.11. The van der Waals surface area contributed by atoms with Gasteiger partial charge >= 0.3 is 0 Å². The van der Waals surface area contributed by atoms with Gasteiger partial charge in [-0.2, -0.15) is 0 Å². The fourth-order valence-corrected chi connectivity index (χ4v) is 2.26. The summed E-state index contributed by atoms with van der Waals surface area (Å²) in [6, 6.07) is 17.2. The molecule has 0 fully saturated rings. The summed E-state index contributed by atoms with van der Waals surface area (Å²) in [4.78, 5) is 12.4. The van der Waals surface area contributed by atoms with Crippen molar-refractivity contribution in [2.24, 2.45) is 5.92 Å². The number of rotatable bonds is 5. The van der Waals surface area contributed by atoms with Crippen LogP contribution in [0.5, 0.6) is 5.75 Å². The molecule has 0 bridgehead atoms. The SMILES string of the molecule is COc1ccc(C(=O)N[C@@H](c2ccccc2)C(C)C)cc1. The molecule has 0 aliphatic rings. The zero-order valence-electron chi connectivity index (χ0n) is 12.7. The van der Waals surface area contributed by atoms with Crippen molar-refractivity contribution in [3.63, 3.8) is 0 Å². The molecule has 1 atom stereocenters. The standard InChI is InChI=1S/C18H21NO2/c1-13(2)17(14-7-5-4-6-8-14)19-18(20)15-9-11-16(21-3)12-10-15/h4-13,17H,1-3H3,(H,19,20)/t17-/m1/s1. The van der Waals surface area contributed by atoms with Crippen LogP contribution >= 0.6 is 0 Å². The third-order valence-corrected chi connectivity index (χ3v) is 3.46. The lowest BCUT2D eigenvalue weighted by Gasteiger charge is -2.23. The molecule has 2 rings (SSSR count). The maximum Gasteiger partial charge on any atom is 0.251 e. The van der Waals surface area contributed by atoms with Crippen molar-refractivity contribution in [1.29, 1.82) is 0 Å². The first-order chi connectivity index (χ1) is 10.1. The van der Waals surface area contributed by atoms with E-state index in [0.717, 1.165) is 11.3 Å². The second-order valence-electron chi connectivity index (χ2n) is 5.33. The fourth-order valence-electron chi connectivity index (χ4n) is 2.26. The topological polar surface area (TPSA) is 38.3 Å². The molecule has 0 saturated heterocycles. The number of carbonyl (C=O) groups is 1. The molecule has 1 amide bonds. The van der Waals surface area contributed by atoms with Crippen LogP contribution in [0.1, 0.15) is 35.8 Å². The van der Waals surface area contributed by atoms with Gasteiger partial charge < -0.3 is 10.1 Å². The van der Waals surface area contributed by atoms with Gasteiger partial charge in [-0.15, -0.1) is 0 Å². The molecular formula is C18H21NO2. The van der Waals surface area contributed by atoms with Crippen LogP contribution in [-0.2, 0) is 0 Å². The van der Waals surface area contributed by atoms with Gasteiger partial charge in [0, 0.05) is 5.56 Å². The zero-order valence-corrected chi connectivity index (χ0v) is 12.7. The highest BCUT2D eigenvalue weighted by atomic mass is 16.5. The summed E-state index contributed by atoms with van der Waals surface area (Å²) in [6.45, 7) is 4.21. The summed E-state index contributed by atoms with van der Waals surface area (Å²) in [5.41, 5.74) is 1.76. The average Bonchev–Trinajstić information content (AvgIpc) is 2.53. The van der Waals surface area contributed by atoms with Crippen molar-refractivity contribution in [3.05, 3.63) is 65.7 Å². The number of carbonyl (C=O) groups excluding carboxylic acids is 1. The normalized spacial score (nSPS) is 12.0. The highest BCUT2D eigenvalue weighted by Crippen LogP contribution is 2.22. The number of ether oxygens (including phenoxy) is 1. The molecule has 0 aliphatic heterocycles. The first-order valence-electron chi connectivity index (χ1n) is 7.11. The predicted octanol–water partition coefficient (Wildman–Crippen LogP) is 3.82. The van der Waals surface area contributed by atoms with Crippen LogP contribution in [0.25, 0.3) is 0 Å². The number of amides is 1. The van der Waals surface area contributed by atoms with E-state index < -0.39 is 0 Å². The van der Waals surface area contributed by atoms with E-state index in [1.54, 1.807) is 31.4 Å². The molecule has 2 aromatic rings. The van der Waals surface area contributed by atoms with Crippen molar-refractivity contribution in [2.75, 3.05) is 7.11 Å². The molecule has 21 heavy (non-hydrogen) atoms. The van der Waals surface area contributed by atoms with E-state index in [-0.39, 0.29) is 11.9 Å². The Labute approximate surface area is 126 Å². The number of methoxy groups -OCH3 is 1. The van der Waals surface area contributed by atoms with E-state index >= 15 is 0 Å². The van der Waals surface area contributed by atoms with E-state index in [1.807, 2.05) is 30.3 Å². The largest absolute Gasteiger partial charge is 0.497 e. The van der Waals surface area contributed by atoms with Gasteiger partial charge in [-0.3, -0.25) is 4.79 Å². The molecular weight excluding hydrogens is 262 g/mol. The molecule has 0 aliphatic carbocycles. The number of hydrogen-bond donors (Lipinski definition) is 1. The first kappa shape index (κ1) is 15.1. The summed E-state index contributed by atoms with van der Waals surface area (Å²) >= 11 is 0. The van der Waals surface area contributed by atoms with Gasteiger partial charge in [0.05, 0.1) is 13.2 Å². The number of benzene rings is 2. The van der Waals surface area contributed by atoms with Gasteiger partial charge in [0.2, 0.25) is 0 Å². The van der Waals surface area contributed by atoms with Crippen LogP contribution in [-0.4, -0.2) is 13.0 Å². The molecule has 0 spiro atoms. The molecule has 2 aromatic carbocycles. The lowest BCUT2D eigenvalue weighted by atomic mass is 9.95. The Bertz CT molecular complexity index is 576. The molecule has 0 aromatic heterocycles. The highest BCUT2D eigenvalue weighted by molar-refractivity contribution is 5.94. The third kappa shape index (κ3) is 3.85. The van der Waals surface area contributed by atoms with E-state index in [9.17, 15) is 4.79 Å². The Morgan fingerprint density at radius 1 is 1.00 bits per heavy atom. The van der Waals surface area contributed by atoms with Crippen molar-refractivity contribution < 1.29 is 9.53 Å². The van der Waals surface area contributed by atoms with Crippen LogP contribution in [0.4, 0.5) is 0 Å². The maximum atomic E-state index is 12.4. The van der Waals surface area contributed by atoms with Gasteiger partial charge in [-0.25, -0.2) is 0 Å². The quantitative estimate of drug-likeness (QED) is 0.906. The Morgan fingerprint density at radius 3 is 2.14 bits per heavy atom. The molecule has 110 valence electrons. The van der Waals surface area contributed by atoms with Crippen LogP contribution < -0.4 is 10.1 Å². The average molecular weight is 283 g/mol. The van der Waals surface area contributed by atoms with E-state index in [4.69, 9.17) is 4.74 Å². The van der Waals surface area contributed by atoms with Gasteiger partial charge in [0.15, 0.2) is 0 Å². The van der Waals surface area contributed by atoms with Crippen LogP contribution in [0.15, 0.2) is 54.6 Å². The molecule has 0 heterocycles. The second kappa shape index (κ2) is 6.93. The lowest BCUT2D eigenvalue weighted by molar-refractivity contribution is 0.0925. The Balaban J connectivity index is 2.15. The Kier molecular flexibility index (Phi) is 4.99. The van der Waals surface area contributed by atoms with E-state index in [2.05, 4.69) is 19.2 Å². The lowest BCUT2D eigenvalue weighted by Crippen LogP contribution is -2.31. The minimum Gasteiger partial charge on any atom is -0.497 e.